The molecule has 0 atom stereocenters. The minimum absolute atomic E-state index is 0.0940. The summed E-state index contributed by atoms with van der Waals surface area (Å²) in [5, 5.41) is 0. The SMILES string of the molecule is CCC1=NCCCCC1.CCCCCC(=O)OC. The van der Waals surface area contributed by atoms with Crippen molar-refractivity contribution in [2.24, 2.45) is 4.99 Å². The van der Waals surface area contributed by atoms with Crippen molar-refractivity contribution in [1.29, 1.82) is 0 Å². The van der Waals surface area contributed by atoms with E-state index in [-0.39, 0.29) is 5.97 Å². The Labute approximate surface area is 112 Å². The summed E-state index contributed by atoms with van der Waals surface area (Å²) >= 11 is 0. The molecular formula is C15H29NO2. The molecular weight excluding hydrogens is 226 g/mol. The molecule has 1 aliphatic heterocycles. The zero-order chi connectivity index (χ0) is 13.6. The van der Waals surface area contributed by atoms with Crippen molar-refractivity contribution in [2.75, 3.05) is 13.7 Å². The maximum absolute atomic E-state index is 10.5. The molecule has 106 valence electrons. The number of hydrogen-bond acceptors (Lipinski definition) is 3. The number of rotatable bonds is 5. The first kappa shape index (κ1) is 17.1. The van der Waals surface area contributed by atoms with Gasteiger partial charge in [-0.05, 0) is 32.1 Å². The first-order valence-corrected chi connectivity index (χ1v) is 7.33. The van der Waals surface area contributed by atoms with Crippen LogP contribution in [0.25, 0.3) is 0 Å². The van der Waals surface area contributed by atoms with Gasteiger partial charge < -0.3 is 4.74 Å². The lowest BCUT2D eigenvalue weighted by molar-refractivity contribution is -0.140. The van der Waals surface area contributed by atoms with E-state index in [0.717, 1.165) is 25.8 Å². The van der Waals surface area contributed by atoms with Crippen LogP contribution in [0.5, 0.6) is 0 Å². The van der Waals surface area contributed by atoms with E-state index in [2.05, 4.69) is 23.6 Å². The summed E-state index contributed by atoms with van der Waals surface area (Å²) in [6.07, 6.45) is 10.3. The average Bonchev–Trinajstić information content (AvgIpc) is 2.68. The summed E-state index contributed by atoms with van der Waals surface area (Å²) in [4.78, 5) is 14.9. The second-order valence-electron chi connectivity index (χ2n) is 4.65. The van der Waals surface area contributed by atoms with E-state index < -0.39 is 0 Å². The topological polar surface area (TPSA) is 38.7 Å². The maximum Gasteiger partial charge on any atom is 0.305 e. The Bertz CT molecular complexity index is 237. The molecule has 0 bridgehead atoms. The van der Waals surface area contributed by atoms with Crippen molar-refractivity contribution >= 4 is 11.7 Å². The van der Waals surface area contributed by atoms with Crippen molar-refractivity contribution in [3.05, 3.63) is 0 Å². The molecule has 0 fully saturated rings. The molecule has 0 aliphatic carbocycles. The normalized spacial score (nSPS) is 14.9. The molecule has 0 saturated carbocycles. The third-order valence-electron chi connectivity index (χ3n) is 3.08. The van der Waals surface area contributed by atoms with Crippen molar-refractivity contribution in [3.63, 3.8) is 0 Å². The minimum atomic E-state index is -0.0940. The summed E-state index contributed by atoms with van der Waals surface area (Å²) in [6, 6.07) is 0. The third-order valence-corrected chi connectivity index (χ3v) is 3.08. The Hall–Kier alpha value is -0.860. The van der Waals surface area contributed by atoms with E-state index >= 15 is 0 Å². The average molecular weight is 255 g/mol. The van der Waals surface area contributed by atoms with Gasteiger partial charge in [0, 0.05) is 18.7 Å². The first-order valence-electron chi connectivity index (χ1n) is 7.33. The van der Waals surface area contributed by atoms with Crippen molar-refractivity contribution in [3.8, 4) is 0 Å². The molecule has 1 heterocycles. The Morgan fingerprint density at radius 3 is 2.61 bits per heavy atom. The van der Waals surface area contributed by atoms with Crippen LogP contribution >= 0.6 is 0 Å². The first-order chi connectivity index (χ1) is 8.74. The number of carbonyl (C=O) groups excluding carboxylic acids is 1. The monoisotopic (exact) mass is 255 g/mol. The largest absolute Gasteiger partial charge is 0.469 e. The molecule has 3 heteroatoms. The van der Waals surface area contributed by atoms with Crippen LogP contribution in [0.2, 0.25) is 0 Å². The number of nitrogens with zero attached hydrogens (tertiary/aromatic N) is 1. The Balaban J connectivity index is 0.000000321. The molecule has 0 aromatic rings. The second-order valence-corrected chi connectivity index (χ2v) is 4.65. The zero-order valence-electron chi connectivity index (χ0n) is 12.3. The predicted molar refractivity (Wildman–Crippen MR) is 77.2 cm³/mol. The molecule has 0 aromatic carbocycles. The van der Waals surface area contributed by atoms with Gasteiger partial charge in [0.05, 0.1) is 7.11 Å². The summed E-state index contributed by atoms with van der Waals surface area (Å²) in [7, 11) is 1.42. The van der Waals surface area contributed by atoms with Crippen LogP contribution in [0.1, 0.15) is 71.6 Å². The smallest absolute Gasteiger partial charge is 0.305 e. The predicted octanol–water partition coefficient (Wildman–Crippen LogP) is 4.15. The van der Waals surface area contributed by atoms with Crippen LogP contribution in [0.4, 0.5) is 0 Å². The number of esters is 1. The lowest BCUT2D eigenvalue weighted by atomic mass is 10.1. The van der Waals surface area contributed by atoms with Gasteiger partial charge >= 0.3 is 5.97 Å². The molecule has 18 heavy (non-hydrogen) atoms. The molecule has 0 radical (unpaired) electrons. The van der Waals surface area contributed by atoms with Gasteiger partial charge in [-0.2, -0.15) is 0 Å². The lowest BCUT2D eigenvalue weighted by Gasteiger charge is -1.95. The van der Waals surface area contributed by atoms with E-state index in [9.17, 15) is 4.79 Å². The fourth-order valence-corrected chi connectivity index (χ4v) is 1.84. The molecule has 0 aromatic heterocycles. The maximum atomic E-state index is 10.5. The van der Waals surface area contributed by atoms with Gasteiger partial charge in [-0.15, -0.1) is 0 Å². The number of ether oxygens (including phenoxy) is 1. The van der Waals surface area contributed by atoms with Gasteiger partial charge in [-0.1, -0.05) is 33.1 Å². The summed E-state index contributed by atoms with van der Waals surface area (Å²) in [5.74, 6) is -0.0940. The second kappa shape index (κ2) is 12.6. The van der Waals surface area contributed by atoms with Crippen LogP contribution in [-0.2, 0) is 9.53 Å². The standard InChI is InChI=1S/C8H15N.C7H14O2/c1-2-8-6-4-3-5-7-9-8;1-3-4-5-6-7(8)9-2/h2-7H2,1H3;3-6H2,1-2H3. The van der Waals surface area contributed by atoms with E-state index in [1.807, 2.05) is 0 Å². The van der Waals surface area contributed by atoms with Crippen LogP contribution in [0.3, 0.4) is 0 Å². The van der Waals surface area contributed by atoms with Crippen LogP contribution in [0, 0.1) is 0 Å². The van der Waals surface area contributed by atoms with E-state index in [4.69, 9.17) is 0 Å². The molecule has 0 unspecified atom stereocenters. The highest BCUT2D eigenvalue weighted by molar-refractivity contribution is 5.84. The summed E-state index contributed by atoms with van der Waals surface area (Å²) in [5.41, 5.74) is 1.44. The lowest BCUT2D eigenvalue weighted by Crippen LogP contribution is -1.98. The van der Waals surface area contributed by atoms with Crippen molar-refractivity contribution in [1.82, 2.24) is 0 Å². The number of methoxy groups -OCH3 is 1. The highest BCUT2D eigenvalue weighted by Gasteiger charge is 2.00. The zero-order valence-corrected chi connectivity index (χ0v) is 12.3. The molecule has 1 aliphatic rings. The van der Waals surface area contributed by atoms with Gasteiger partial charge in [0.1, 0.15) is 0 Å². The highest BCUT2D eigenvalue weighted by atomic mass is 16.5. The van der Waals surface area contributed by atoms with E-state index in [1.165, 1.54) is 44.9 Å². The number of hydrogen-bond donors (Lipinski definition) is 0. The fraction of sp³-hybridized carbons (Fsp3) is 0.867. The Kier molecular flexibility index (Phi) is 12.0. The minimum Gasteiger partial charge on any atom is -0.469 e. The third kappa shape index (κ3) is 10.3. The van der Waals surface area contributed by atoms with E-state index in [0.29, 0.717) is 6.42 Å². The van der Waals surface area contributed by atoms with Gasteiger partial charge in [-0.25, -0.2) is 0 Å². The van der Waals surface area contributed by atoms with E-state index in [1.54, 1.807) is 0 Å². The van der Waals surface area contributed by atoms with Gasteiger partial charge in [0.25, 0.3) is 0 Å². The van der Waals surface area contributed by atoms with Crippen LogP contribution in [0.15, 0.2) is 4.99 Å². The fourth-order valence-electron chi connectivity index (χ4n) is 1.84. The van der Waals surface area contributed by atoms with Crippen molar-refractivity contribution < 1.29 is 9.53 Å². The molecule has 0 N–H and O–H groups in total. The van der Waals surface area contributed by atoms with Crippen LogP contribution in [-0.4, -0.2) is 25.3 Å². The van der Waals surface area contributed by atoms with Crippen LogP contribution < -0.4 is 0 Å². The Morgan fingerprint density at radius 1 is 1.22 bits per heavy atom. The van der Waals surface area contributed by atoms with Gasteiger partial charge in [0.2, 0.25) is 0 Å². The number of carbonyl (C=O) groups is 1. The molecule has 1 rings (SSSR count). The molecule has 3 nitrogen and oxygen atoms in total. The highest BCUT2D eigenvalue weighted by Crippen LogP contribution is 2.08. The summed E-state index contributed by atoms with van der Waals surface area (Å²) < 4.78 is 4.46. The summed E-state index contributed by atoms with van der Waals surface area (Å²) in [6.45, 7) is 5.39. The van der Waals surface area contributed by atoms with Gasteiger partial charge in [0.15, 0.2) is 0 Å². The molecule has 0 amide bonds. The molecule has 0 spiro atoms. The quantitative estimate of drug-likeness (QED) is 0.547. The Morgan fingerprint density at radius 2 is 2.00 bits per heavy atom. The van der Waals surface area contributed by atoms with Gasteiger partial charge in [-0.3, -0.25) is 9.79 Å². The number of aliphatic imine (C=N–C) groups is 1. The van der Waals surface area contributed by atoms with Crippen molar-refractivity contribution in [2.45, 2.75) is 71.6 Å². The molecule has 0 saturated heterocycles. The number of unbranched alkanes of at least 4 members (excludes halogenated alkanes) is 2.